The van der Waals surface area contributed by atoms with E-state index in [0.29, 0.717) is 39.6 Å². The normalized spacial score (nSPS) is 15.4. The Labute approximate surface area is 176 Å². The van der Waals surface area contributed by atoms with Gasteiger partial charge in [-0.15, -0.1) is 11.3 Å². The van der Waals surface area contributed by atoms with Crippen molar-refractivity contribution in [2.24, 2.45) is 0 Å². The second-order valence-corrected chi connectivity index (χ2v) is 9.33. The van der Waals surface area contributed by atoms with Crippen LogP contribution in [-0.4, -0.2) is 46.6 Å². The van der Waals surface area contributed by atoms with E-state index < -0.39 is 22.7 Å². The summed E-state index contributed by atoms with van der Waals surface area (Å²) in [5, 5.41) is 2.17. The van der Waals surface area contributed by atoms with Crippen LogP contribution in [0.1, 0.15) is 40.4 Å². The molecule has 0 saturated heterocycles. The Morgan fingerprint density at radius 2 is 2.14 bits per heavy atom. The molecule has 2 atom stereocenters. The largest absolute Gasteiger partial charge is 0.493 e. The van der Waals surface area contributed by atoms with E-state index in [9.17, 15) is 13.8 Å². The van der Waals surface area contributed by atoms with Crippen molar-refractivity contribution < 1.29 is 23.3 Å². The lowest BCUT2D eigenvalue weighted by atomic mass is 10.0. The van der Waals surface area contributed by atoms with Crippen LogP contribution in [0, 0.1) is 6.92 Å². The van der Waals surface area contributed by atoms with Gasteiger partial charge < -0.3 is 15.2 Å². The second-order valence-electron chi connectivity index (χ2n) is 6.94. The van der Waals surface area contributed by atoms with Gasteiger partial charge >= 0.3 is 0 Å². The number of methoxy groups -OCH3 is 1. The first-order valence-electron chi connectivity index (χ1n) is 9.11. The van der Waals surface area contributed by atoms with Crippen molar-refractivity contribution in [3.05, 3.63) is 40.3 Å². The first kappa shape index (κ1) is 21.3. The number of anilines is 1. The summed E-state index contributed by atoms with van der Waals surface area (Å²) >= 11 is 1.25. The first-order chi connectivity index (χ1) is 13.8. The fourth-order valence-electron chi connectivity index (χ4n) is 2.96. The Hall–Kier alpha value is -2.39. The maximum Gasteiger partial charge on any atom is 0.262 e. The van der Waals surface area contributed by atoms with Gasteiger partial charge in [0.05, 0.1) is 29.8 Å². The summed E-state index contributed by atoms with van der Waals surface area (Å²) in [5.74, 6) is 0.760. The molecule has 0 bridgehead atoms. The molecule has 1 heterocycles. The number of thiophene rings is 1. The molecule has 0 radical (unpaired) electrons. The molecule has 9 heteroatoms. The Bertz CT molecular complexity index is 939. The number of nitrogens with zero attached hydrogens (tertiary/aromatic N) is 1. The minimum absolute atomic E-state index is 0.109. The van der Waals surface area contributed by atoms with E-state index in [1.54, 1.807) is 43.9 Å². The molecule has 1 saturated carbocycles. The second kappa shape index (κ2) is 8.96. The van der Waals surface area contributed by atoms with E-state index in [1.807, 2.05) is 0 Å². The van der Waals surface area contributed by atoms with Crippen molar-refractivity contribution in [1.82, 2.24) is 4.90 Å². The summed E-state index contributed by atoms with van der Waals surface area (Å²) in [7, 11) is 0.303. The smallest absolute Gasteiger partial charge is 0.262 e. The minimum Gasteiger partial charge on any atom is -0.493 e. The zero-order valence-electron chi connectivity index (χ0n) is 16.5. The number of imide groups is 1. The Morgan fingerprint density at radius 3 is 2.66 bits per heavy atom. The van der Waals surface area contributed by atoms with E-state index in [2.05, 4.69) is 0 Å². The van der Waals surface area contributed by atoms with E-state index in [4.69, 9.17) is 15.2 Å². The van der Waals surface area contributed by atoms with Crippen molar-refractivity contribution >= 4 is 39.5 Å². The van der Waals surface area contributed by atoms with Crippen molar-refractivity contribution in [1.29, 1.82) is 0 Å². The van der Waals surface area contributed by atoms with Crippen molar-refractivity contribution in [3.8, 4) is 11.5 Å². The molecule has 29 heavy (non-hydrogen) atoms. The fourth-order valence-corrected chi connectivity index (χ4v) is 4.57. The predicted molar refractivity (Wildman–Crippen MR) is 114 cm³/mol. The number of hydrogen-bond donors (Lipinski definition) is 1. The standard InChI is InChI=1S/C20H24N2O5S2/c1-12-15(9-28-19(12)21)20(24)22(11-23)16(10-29(3)25)13-4-7-17(26-2)18(8-13)27-14-5-6-14/h4,7-9,11,14,16H,5-6,10,21H2,1-3H3. The number of carbonyl (C=O) groups is 2. The average Bonchev–Trinajstić information content (AvgIpc) is 3.45. The fraction of sp³-hybridized carbons (Fsp3) is 0.400. The lowest BCUT2D eigenvalue weighted by Gasteiger charge is -2.27. The highest BCUT2D eigenvalue weighted by molar-refractivity contribution is 7.84. The molecule has 0 aliphatic heterocycles. The van der Waals surface area contributed by atoms with Crippen molar-refractivity contribution in [2.75, 3.05) is 24.9 Å². The summed E-state index contributed by atoms with van der Waals surface area (Å²) in [6.07, 6.45) is 4.14. The molecule has 3 rings (SSSR count). The van der Waals surface area contributed by atoms with Crippen LogP contribution in [0.3, 0.4) is 0 Å². The lowest BCUT2D eigenvalue weighted by Crippen LogP contribution is -2.36. The van der Waals surface area contributed by atoms with E-state index in [-0.39, 0.29) is 11.9 Å². The van der Waals surface area contributed by atoms with E-state index in [0.717, 1.165) is 17.7 Å². The van der Waals surface area contributed by atoms with Crippen LogP contribution in [0.4, 0.5) is 5.00 Å². The van der Waals surface area contributed by atoms with Crippen LogP contribution in [0.5, 0.6) is 11.5 Å². The van der Waals surface area contributed by atoms with Crippen LogP contribution in [0.15, 0.2) is 23.6 Å². The van der Waals surface area contributed by atoms with Crippen LogP contribution in [-0.2, 0) is 15.6 Å². The van der Waals surface area contributed by atoms with Crippen LogP contribution in [0.2, 0.25) is 0 Å². The molecule has 2 aromatic rings. The maximum atomic E-state index is 13.1. The Balaban J connectivity index is 1.99. The van der Waals surface area contributed by atoms with Gasteiger partial charge in [-0.2, -0.15) is 0 Å². The quantitative estimate of drug-likeness (QED) is 0.607. The zero-order chi connectivity index (χ0) is 21.1. The maximum absolute atomic E-state index is 13.1. The van der Waals surface area contributed by atoms with Crippen LogP contribution in [0.25, 0.3) is 0 Å². The van der Waals surface area contributed by atoms with Gasteiger partial charge in [-0.3, -0.25) is 18.7 Å². The van der Waals surface area contributed by atoms with Gasteiger partial charge in [0.1, 0.15) is 0 Å². The topological polar surface area (TPSA) is 98.9 Å². The number of rotatable bonds is 9. The molecule has 2 amide bonds. The third-order valence-electron chi connectivity index (χ3n) is 4.77. The lowest BCUT2D eigenvalue weighted by molar-refractivity contribution is -0.117. The third-order valence-corrected chi connectivity index (χ3v) is 6.47. The van der Waals surface area contributed by atoms with Gasteiger partial charge in [-0.05, 0) is 43.0 Å². The summed E-state index contributed by atoms with van der Waals surface area (Å²) in [5.41, 5.74) is 7.53. The predicted octanol–water partition coefficient (Wildman–Crippen LogP) is 2.91. The summed E-state index contributed by atoms with van der Waals surface area (Å²) < 4.78 is 23.3. The number of ether oxygens (including phenoxy) is 2. The molecule has 156 valence electrons. The summed E-state index contributed by atoms with van der Waals surface area (Å²) in [6, 6.07) is 4.54. The monoisotopic (exact) mass is 436 g/mol. The molecule has 0 spiro atoms. The number of benzene rings is 1. The number of amides is 2. The molecular formula is C20H24N2O5S2. The highest BCUT2D eigenvalue weighted by Gasteiger charge is 2.30. The molecule has 2 unspecified atom stereocenters. The molecule has 1 aliphatic rings. The molecular weight excluding hydrogens is 412 g/mol. The van der Waals surface area contributed by atoms with Gasteiger partial charge in [0.2, 0.25) is 6.41 Å². The van der Waals surface area contributed by atoms with Gasteiger partial charge in [0.15, 0.2) is 11.5 Å². The van der Waals surface area contributed by atoms with Crippen LogP contribution >= 0.6 is 11.3 Å². The van der Waals surface area contributed by atoms with E-state index in [1.165, 1.54) is 11.3 Å². The number of nitrogen functional groups attached to an aromatic ring is 1. The van der Waals surface area contributed by atoms with E-state index >= 15 is 0 Å². The molecule has 7 nitrogen and oxygen atoms in total. The van der Waals surface area contributed by atoms with Crippen molar-refractivity contribution in [3.63, 3.8) is 0 Å². The highest BCUT2D eigenvalue weighted by atomic mass is 32.2. The number of hydrogen-bond acceptors (Lipinski definition) is 7. The molecule has 2 N–H and O–H groups in total. The van der Waals surface area contributed by atoms with Gasteiger partial charge in [0.25, 0.3) is 5.91 Å². The SMILES string of the molecule is COc1ccc(C(CS(C)=O)N(C=O)C(=O)c2csc(N)c2C)cc1OC1CC1. The van der Waals surface area contributed by atoms with Crippen LogP contribution < -0.4 is 15.2 Å². The molecule has 1 aromatic heterocycles. The Morgan fingerprint density at radius 1 is 1.41 bits per heavy atom. The molecule has 1 fully saturated rings. The summed E-state index contributed by atoms with van der Waals surface area (Å²) in [4.78, 5) is 26.1. The van der Waals surface area contributed by atoms with Gasteiger partial charge in [-0.25, -0.2) is 0 Å². The zero-order valence-corrected chi connectivity index (χ0v) is 18.2. The van der Waals surface area contributed by atoms with Crippen molar-refractivity contribution in [2.45, 2.75) is 31.9 Å². The van der Waals surface area contributed by atoms with Gasteiger partial charge in [0, 0.05) is 28.2 Å². The molecule has 1 aliphatic carbocycles. The average molecular weight is 437 g/mol. The minimum atomic E-state index is -1.25. The summed E-state index contributed by atoms with van der Waals surface area (Å²) in [6.45, 7) is 1.74. The Kier molecular flexibility index (Phi) is 6.59. The molecule has 1 aromatic carbocycles. The highest BCUT2D eigenvalue weighted by Crippen LogP contribution is 2.37. The number of nitrogens with two attached hydrogens (primary N) is 1. The van der Waals surface area contributed by atoms with Gasteiger partial charge in [-0.1, -0.05) is 6.07 Å². The third kappa shape index (κ3) is 4.79. The number of carbonyl (C=O) groups excluding carboxylic acids is 2. The first-order valence-corrected chi connectivity index (χ1v) is 11.7.